The Kier molecular flexibility index (Phi) is 8.84. The van der Waals surface area contributed by atoms with Crippen LogP contribution in [0.15, 0.2) is 45.3 Å². The van der Waals surface area contributed by atoms with Crippen molar-refractivity contribution >= 4 is 37.8 Å². The van der Waals surface area contributed by atoms with Gasteiger partial charge in [0.2, 0.25) is 0 Å². The van der Waals surface area contributed by atoms with Crippen LogP contribution < -0.4 is 9.47 Å². The molecule has 27 heavy (non-hydrogen) atoms. The zero-order valence-corrected chi connectivity index (χ0v) is 19.2. The molecule has 0 bridgehead atoms. The van der Waals surface area contributed by atoms with E-state index in [9.17, 15) is 4.79 Å². The fraction of sp³-hybridized carbons (Fsp3) is 0.409. The molecule has 0 aliphatic heterocycles. The van der Waals surface area contributed by atoms with E-state index in [1.807, 2.05) is 24.3 Å². The highest BCUT2D eigenvalue weighted by Gasteiger charge is 2.15. The number of benzene rings is 2. The van der Waals surface area contributed by atoms with Crippen LogP contribution in [0.4, 0.5) is 0 Å². The number of esters is 1. The second-order valence-electron chi connectivity index (χ2n) is 6.78. The molecule has 0 aliphatic rings. The summed E-state index contributed by atoms with van der Waals surface area (Å²) in [7, 11) is 0. The highest BCUT2D eigenvalue weighted by atomic mass is 79.9. The van der Waals surface area contributed by atoms with Gasteiger partial charge in [0.25, 0.3) is 0 Å². The molecule has 0 heterocycles. The lowest BCUT2D eigenvalue weighted by Crippen LogP contribution is -2.10. The molecule has 5 heteroatoms. The smallest absolute Gasteiger partial charge is 0.343 e. The molecule has 0 saturated heterocycles. The largest absolute Gasteiger partial charge is 0.492 e. The molecule has 2 aromatic carbocycles. The second-order valence-corrected chi connectivity index (χ2v) is 8.55. The Morgan fingerprint density at radius 2 is 1.74 bits per heavy atom. The van der Waals surface area contributed by atoms with Gasteiger partial charge < -0.3 is 9.47 Å². The van der Waals surface area contributed by atoms with E-state index < -0.39 is 0 Å². The molecule has 146 valence electrons. The molecule has 0 amide bonds. The van der Waals surface area contributed by atoms with Gasteiger partial charge in [-0.25, -0.2) is 4.79 Å². The van der Waals surface area contributed by atoms with Crippen molar-refractivity contribution < 1.29 is 14.3 Å². The van der Waals surface area contributed by atoms with Crippen LogP contribution in [0.1, 0.15) is 68.3 Å². The first kappa shape index (κ1) is 22.0. The van der Waals surface area contributed by atoms with Crippen molar-refractivity contribution in [3.8, 4) is 11.5 Å². The summed E-state index contributed by atoms with van der Waals surface area (Å²) < 4.78 is 13.2. The van der Waals surface area contributed by atoms with Crippen LogP contribution in [0, 0.1) is 0 Å². The average molecular weight is 498 g/mol. The topological polar surface area (TPSA) is 35.5 Å². The van der Waals surface area contributed by atoms with Crippen molar-refractivity contribution in [1.29, 1.82) is 0 Å². The molecule has 0 aromatic heterocycles. The number of unbranched alkanes of at least 4 members (excludes halogenated alkanes) is 3. The van der Waals surface area contributed by atoms with E-state index in [2.05, 4.69) is 52.6 Å². The predicted molar refractivity (Wildman–Crippen MR) is 117 cm³/mol. The normalized spacial score (nSPS) is 10.9. The molecular weight excluding hydrogens is 472 g/mol. The number of halogens is 2. The van der Waals surface area contributed by atoms with Crippen molar-refractivity contribution in [3.05, 3.63) is 56.5 Å². The van der Waals surface area contributed by atoms with Gasteiger partial charge in [-0.15, -0.1) is 0 Å². The minimum atomic E-state index is -0.380. The highest BCUT2D eigenvalue weighted by Crippen LogP contribution is 2.31. The van der Waals surface area contributed by atoms with Crippen LogP contribution in [-0.2, 0) is 0 Å². The lowest BCUT2D eigenvalue weighted by Gasteiger charge is -2.14. The summed E-state index contributed by atoms with van der Waals surface area (Å²) >= 11 is 6.96. The molecule has 3 nitrogen and oxygen atoms in total. The summed E-state index contributed by atoms with van der Waals surface area (Å²) in [6, 6.07) is 11.0. The van der Waals surface area contributed by atoms with Gasteiger partial charge in [-0.05, 0) is 70.2 Å². The number of rotatable bonds is 9. The number of ether oxygens (including phenoxy) is 2. The molecule has 0 unspecified atom stereocenters. The first-order chi connectivity index (χ1) is 12.9. The van der Waals surface area contributed by atoms with Crippen LogP contribution in [0.2, 0.25) is 0 Å². The summed E-state index contributed by atoms with van der Waals surface area (Å²) in [4.78, 5) is 12.6. The summed E-state index contributed by atoms with van der Waals surface area (Å²) in [5, 5.41) is 0. The van der Waals surface area contributed by atoms with Gasteiger partial charge in [0, 0.05) is 4.47 Å². The average Bonchev–Trinajstić information content (AvgIpc) is 2.63. The van der Waals surface area contributed by atoms with Gasteiger partial charge in [-0.1, -0.05) is 56.0 Å². The minimum Gasteiger partial charge on any atom is -0.492 e. The summed E-state index contributed by atoms with van der Waals surface area (Å²) in [5.41, 5.74) is 1.47. The van der Waals surface area contributed by atoms with Crippen molar-refractivity contribution in [1.82, 2.24) is 0 Å². The van der Waals surface area contributed by atoms with E-state index in [4.69, 9.17) is 9.47 Å². The third-order valence-electron chi connectivity index (χ3n) is 4.22. The maximum Gasteiger partial charge on any atom is 0.343 e. The van der Waals surface area contributed by atoms with E-state index in [-0.39, 0.29) is 11.9 Å². The summed E-state index contributed by atoms with van der Waals surface area (Å²) in [6.07, 6.45) is 4.64. The summed E-state index contributed by atoms with van der Waals surface area (Å²) in [6.45, 7) is 7.01. The van der Waals surface area contributed by atoms with E-state index in [1.165, 1.54) is 19.3 Å². The highest BCUT2D eigenvalue weighted by molar-refractivity contribution is 9.10. The Morgan fingerprint density at radius 3 is 2.41 bits per heavy atom. The maximum absolute atomic E-state index is 12.6. The van der Waals surface area contributed by atoms with Crippen molar-refractivity contribution in [2.24, 2.45) is 0 Å². The molecule has 2 rings (SSSR count). The molecule has 0 atom stereocenters. The lowest BCUT2D eigenvalue weighted by atomic mass is 10.0. The number of carbonyl (C=O) groups excluding carboxylic acids is 1. The maximum atomic E-state index is 12.6. The molecule has 0 fully saturated rings. The standard InChI is InChI=1S/C22H26Br2O3/c1-4-5-6-7-12-26-21-10-8-16(13-19(21)24)22(25)27-20-11-9-17(23)14-18(20)15(2)3/h8-11,13-15H,4-7,12H2,1-3H3. The zero-order valence-electron chi connectivity index (χ0n) is 16.1. The van der Waals surface area contributed by atoms with Crippen molar-refractivity contribution in [3.63, 3.8) is 0 Å². The Bertz CT molecular complexity index is 772. The van der Waals surface area contributed by atoms with Crippen molar-refractivity contribution in [2.45, 2.75) is 52.4 Å². The second kappa shape index (κ2) is 10.9. The fourth-order valence-electron chi connectivity index (χ4n) is 2.68. The van der Waals surface area contributed by atoms with Crippen LogP contribution >= 0.6 is 31.9 Å². The molecule has 0 aliphatic carbocycles. The van der Waals surface area contributed by atoms with Gasteiger partial charge >= 0.3 is 5.97 Å². The quantitative estimate of drug-likeness (QED) is 0.204. The first-order valence-corrected chi connectivity index (χ1v) is 10.9. The third-order valence-corrected chi connectivity index (χ3v) is 5.33. The van der Waals surface area contributed by atoms with Crippen LogP contribution in [0.3, 0.4) is 0 Å². The number of hydrogen-bond donors (Lipinski definition) is 0. The molecular formula is C22H26Br2O3. The van der Waals surface area contributed by atoms with Gasteiger partial charge in [-0.3, -0.25) is 0 Å². The van der Waals surface area contributed by atoms with Gasteiger partial charge in [0.1, 0.15) is 11.5 Å². The van der Waals surface area contributed by atoms with Gasteiger partial charge in [-0.2, -0.15) is 0 Å². The molecule has 2 aromatic rings. The number of carbonyl (C=O) groups is 1. The molecule has 0 radical (unpaired) electrons. The van der Waals surface area contributed by atoms with E-state index in [0.717, 1.165) is 26.7 Å². The van der Waals surface area contributed by atoms with Crippen LogP contribution in [0.25, 0.3) is 0 Å². The van der Waals surface area contributed by atoms with E-state index in [1.54, 1.807) is 12.1 Å². The van der Waals surface area contributed by atoms with Gasteiger partial charge in [0.05, 0.1) is 16.6 Å². The Balaban J connectivity index is 2.04. The molecule has 0 saturated carbocycles. The summed E-state index contributed by atoms with van der Waals surface area (Å²) in [5.74, 6) is 1.20. The van der Waals surface area contributed by atoms with E-state index in [0.29, 0.717) is 17.9 Å². The predicted octanol–water partition coefficient (Wildman–Crippen LogP) is 7.51. The monoisotopic (exact) mass is 496 g/mol. The zero-order chi connectivity index (χ0) is 19.8. The van der Waals surface area contributed by atoms with Gasteiger partial charge in [0.15, 0.2) is 0 Å². The minimum absolute atomic E-state index is 0.250. The van der Waals surface area contributed by atoms with E-state index >= 15 is 0 Å². The Morgan fingerprint density at radius 1 is 1.00 bits per heavy atom. The molecule has 0 spiro atoms. The Labute approximate surface area is 178 Å². The lowest BCUT2D eigenvalue weighted by molar-refractivity contribution is 0.0732. The van der Waals surface area contributed by atoms with Crippen LogP contribution in [-0.4, -0.2) is 12.6 Å². The fourth-order valence-corrected chi connectivity index (χ4v) is 3.55. The SMILES string of the molecule is CCCCCCOc1ccc(C(=O)Oc2ccc(Br)cc2C(C)C)cc1Br. The first-order valence-electron chi connectivity index (χ1n) is 9.36. The van der Waals surface area contributed by atoms with Crippen molar-refractivity contribution in [2.75, 3.05) is 6.61 Å². The number of hydrogen-bond acceptors (Lipinski definition) is 3. The Hall–Kier alpha value is -1.33. The van der Waals surface area contributed by atoms with Crippen LogP contribution in [0.5, 0.6) is 11.5 Å². The molecule has 0 N–H and O–H groups in total. The third kappa shape index (κ3) is 6.65.